The maximum Gasteiger partial charge on any atom is 0.233 e. The predicted octanol–water partition coefficient (Wildman–Crippen LogP) is 1.62. The monoisotopic (exact) mass is 276 g/mol. The second-order valence-electron chi connectivity index (χ2n) is 4.44. The lowest BCUT2D eigenvalue weighted by atomic mass is 9.94. The molecule has 1 aliphatic rings. The van der Waals surface area contributed by atoms with Gasteiger partial charge < -0.3 is 10.2 Å². The smallest absolute Gasteiger partial charge is 0.233 e. The summed E-state index contributed by atoms with van der Waals surface area (Å²) in [7, 11) is 2.17. The summed E-state index contributed by atoms with van der Waals surface area (Å²) in [6, 6.07) is 0. The molecule has 0 aromatic rings. The van der Waals surface area contributed by atoms with Crippen molar-refractivity contribution >= 4 is 21.8 Å². The van der Waals surface area contributed by atoms with E-state index < -0.39 is 0 Å². The number of amides is 1. The van der Waals surface area contributed by atoms with Crippen LogP contribution in [-0.4, -0.2) is 42.3 Å². The van der Waals surface area contributed by atoms with E-state index in [1.807, 2.05) is 6.92 Å². The highest BCUT2D eigenvalue weighted by Crippen LogP contribution is 2.18. The highest BCUT2D eigenvalue weighted by molar-refractivity contribution is 9.10. The quantitative estimate of drug-likeness (QED) is 0.792. The first-order valence-corrected chi connectivity index (χ1v) is 6.61. The third-order valence-corrected chi connectivity index (χ3v) is 3.47. The Morgan fingerprint density at radius 3 is 2.67 bits per heavy atom. The lowest BCUT2D eigenvalue weighted by Crippen LogP contribution is -2.34. The van der Waals surface area contributed by atoms with Crippen molar-refractivity contribution in [2.45, 2.75) is 31.0 Å². The van der Waals surface area contributed by atoms with Crippen molar-refractivity contribution in [3.05, 3.63) is 0 Å². The number of carbonyl (C=O) groups is 1. The van der Waals surface area contributed by atoms with Crippen molar-refractivity contribution in [1.82, 2.24) is 10.2 Å². The molecule has 4 heteroatoms. The van der Waals surface area contributed by atoms with Crippen molar-refractivity contribution in [3.63, 3.8) is 0 Å². The molecule has 1 amide bonds. The summed E-state index contributed by atoms with van der Waals surface area (Å²) in [4.78, 5) is 13.6. The number of hydrogen-bond donors (Lipinski definition) is 1. The van der Waals surface area contributed by atoms with Gasteiger partial charge >= 0.3 is 0 Å². The van der Waals surface area contributed by atoms with Crippen LogP contribution >= 0.6 is 15.9 Å². The number of nitrogens with one attached hydrogen (secondary N) is 1. The first kappa shape index (κ1) is 13.0. The van der Waals surface area contributed by atoms with Crippen LogP contribution in [0, 0.1) is 5.92 Å². The zero-order valence-electron chi connectivity index (χ0n) is 9.63. The van der Waals surface area contributed by atoms with Gasteiger partial charge in [-0.1, -0.05) is 15.9 Å². The van der Waals surface area contributed by atoms with Crippen LogP contribution < -0.4 is 5.32 Å². The molecule has 0 aromatic carbocycles. The minimum Gasteiger partial charge on any atom is -0.355 e. The van der Waals surface area contributed by atoms with Crippen LogP contribution in [0.2, 0.25) is 0 Å². The molecule has 1 aliphatic heterocycles. The summed E-state index contributed by atoms with van der Waals surface area (Å²) in [5, 5.41) is 2.94. The SMILES string of the molecule is CC(Br)C(=O)NCCC1CCN(C)CC1. The molecule has 15 heavy (non-hydrogen) atoms. The normalized spacial score (nSPS) is 21.3. The van der Waals surface area contributed by atoms with E-state index in [-0.39, 0.29) is 10.7 Å². The molecule has 0 aliphatic carbocycles. The largest absolute Gasteiger partial charge is 0.355 e. The van der Waals surface area contributed by atoms with E-state index in [1.54, 1.807) is 0 Å². The van der Waals surface area contributed by atoms with Gasteiger partial charge in [0.05, 0.1) is 4.83 Å². The molecule has 3 nitrogen and oxygen atoms in total. The van der Waals surface area contributed by atoms with Crippen LogP contribution in [0.3, 0.4) is 0 Å². The second-order valence-corrected chi connectivity index (χ2v) is 5.82. The Balaban J connectivity index is 2.08. The highest BCUT2D eigenvalue weighted by Gasteiger charge is 2.16. The molecule has 1 unspecified atom stereocenters. The Kier molecular flexibility index (Phi) is 5.61. The Labute approximate surface area is 101 Å². The van der Waals surface area contributed by atoms with E-state index in [0.717, 1.165) is 18.9 Å². The average Bonchev–Trinajstić information content (AvgIpc) is 2.20. The number of alkyl halides is 1. The first-order chi connectivity index (χ1) is 7.09. The third kappa shape index (κ3) is 4.98. The minimum atomic E-state index is -0.0741. The molecule has 88 valence electrons. The van der Waals surface area contributed by atoms with Gasteiger partial charge in [0.15, 0.2) is 0 Å². The van der Waals surface area contributed by atoms with Crippen molar-refractivity contribution in [1.29, 1.82) is 0 Å². The van der Waals surface area contributed by atoms with Gasteiger partial charge in [0.1, 0.15) is 0 Å². The summed E-state index contributed by atoms with van der Waals surface area (Å²) in [6.07, 6.45) is 3.67. The van der Waals surface area contributed by atoms with Crippen LogP contribution in [0.25, 0.3) is 0 Å². The summed E-state index contributed by atoms with van der Waals surface area (Å²) in [5.74, 6) is 0.898. The number of likely N-dealkylation sites (tertiary alicyclic amines) is 1. The Bertz CT molecular complexity index is 201. The van der Waals surface area contributed by atoms with Gasteiger partial charge in [-0.15, -0.1) is 0 Å². The molecule has 1 saturated heterocycles. The van der Waals surface area contributed by atoms with E-state index in [4.69, 9.17) is 0 Å². The van der Waals surface area contributed by atoms with Gasteiger partial charge in [0, 0.05) is 6.54 Å². The maximum atomic E-state index is 11.3. The summed E-state index contributed by atoms with van der Waals surface area (Å²) >= 11 is 3.26. The fourth-order valence-corrected chi connectivity index (χ4v) is 2.05. The molecule has 0 bridgehead atoms. The Morgan fingerprint density at radius 2 is 2.13 bits per heavy atom. The fraction of sp³-hybridized carbons (Fsp3) is 0.909. The molecular formula is C11H21BrN2O. The highest BCUT2D eigenvalue weighted by atomic mass is 79.9. The Morgan fingerprint density at radius 1 is 1.53 bits per heavy atom. The zero-order valence-corrected chi connectivity index (χ0v) is 11.2. The van der Waals surface area contributed by atoms with Crippen molar-refractivity contribution in [2.24, 2.45) is 5.92 Å². The van der Waals surface area contributed by atoms with Gasteiger partial charge in [-0.25, -0.2) is 0 Å². The van der Waals surface area contributed by atoms with Crippen LogP contribution in [0.1, 0.15) is 26.2 Å². The van der Waals surface area contributed by atoms with E-state index in [2.05, 4.69) is 33.2 Å². The van der Waals surface area contributed by atoms with Gasteiger partial charge in [-0.05, 0) is 52.2 Å². The maximum absolute atomic E-state index is 11.3. The molecule has 1 atom stereocenters. The molecule has 1 heterocycles. The molecular weight excluding hydrogens is 256 g/mol. The summed E-state index contributed by atoms with van der Waals surface area (Å²) in [6.45, 7) is 5.08. The van der Waals surface area contributed by atoms with Crippen molar-refractivity contribution < 1.29 is 4.79 Å². The average molecular weight is 277 g/mol. The molecule has 1 fully saturated rings. The van der Waals surface area contributed by atoms with Gasteiger partial charge in [-0.2, -0.15) is 0 Å². The molecule has 0 radical (unpaired) electrons. The van der Waals surface area contributed by atoms with Crippen LogP contribution in [0.5, 0.6) is 0 Å². The molecule has 1 N–H and O–H groups in total. The number of piperidine rings is 1. The fourth-order valence-electron chi connectivity index (χ4n) is 1.89. The van der Waals surface area contributed by atoms with Crippen LogP contribution in [0.15, 0.2) is 0 Å². The molecule has 0 aromatic heterocycles. The lowest BCUT2D eigenvalue weighted by molar-refractivity contribution is -0.120. The van der Waals surface area contributed by atoms with Crippen LogP contribution in [-0.2, 0) is 4.79 Å². The van der Waals surface area contributed by atoms with Gasteiger partial charge in [0.25, 0.3) is 0 Å². The standard InChI is InChI=1S/C11H21BrN2O/c1-9(12)11(15)13-6-3-10-4-7-14(2)8-5-10/h9-10H,3-8H2,1-2H3,(H,13,15). The number of nitrogens with zero attached hydrogens (tertiary/aromatic N) is 1. The number of rotatable bonds is 4. The van der Waals surface area contributed by atoms with E-state index in [0.29, 0.717) is 0 Å². The second kappa shape index (κ2) is 6.48. The topological polar surface area (TPSA) is 32.3 Å². The van der Waals surface area contributed by atoms with Gasteiger partial charge in [-0.3, -0.25) is 4.79 Å². The van der Waals surface area contributed by atoms with E-state index in [9.17, 15) is 4.79 Å². The lowest BCUT2D eigenvalue weighted by Gasteiger charge is -2.28. The minimum absolute atomic E-state index is 0.0741. The number of carbonyl (C=O) groups excluding carboxylic acids is 1. The molecule has 0 spiro atoms. The number of halogens is 1. The summed E-state index contributed by atoms with van der Waals surface area (Å²) < 4.78 is 0. The predicted molar refractivity (Wildman–Crippen MR) is 66.2 cm³/mol. The van der Waals surface area contributed by atoms with Gasteiger partial charge in [0.2, 0.25) is 5.91 Å². The van der Waals surface area contributed by atoms with E-state index in [1.165, 1.54) is 25.9 Å². The van der Waals surface area contributed by atoms with Crippen molar-refractivity contribution in [3.8, 4) is 0 Å². The first-order valence-electron chi connectivity index (χ1n) is 5.70. The number of hydrogen-bond acceptors (Lipinski definition) is 2. The van der Waals surface area contributed by atoms with Crippen LogP contribution in [0.4, 0.5) is 0 Å². The molecule has 1 rings (SSSR count). The Hall–Kier alpha value is -0.0900. The third-order valence-electron chi connectivity index (χ3n) is 3.05. The van der Waals surface area contributed by atoms with Crippen molar-refractivity contribution in [2.75, 3.05) is 26.7 Å². The van der Waals surface area contributed by atoms with E-state index >= 15 is 0 Å². The summed E-state index contributed by atoms with van der Waals surface area (Å²) in [5.41, 5.74) is 0. The zero-order chi connectivity index (χ0) is 11.3. The molecule has 0 saturated carbocycles.